The van der Waals surface area contributed by atoms with Crippen molar-refractivity contribution in [2.45, 2.75) is 57.0 Å². The zero-order chi connectivity index (χ0) is 17.4. The number of amides is 1. The first-order chi connectivity index (χ1) is 12.1. The van der Waals surface area contributed by atoms with Crippen LogP contribution >= 0.6 is 23.1 Å². The molecule has 25 heavy (non-hydrogen) atoms. The van der Waals surface area contributed by atoms with Crippen molar-refractivity contribution >= 4 is 39.2 Å². The number of aromatic nitrogens is 2. The molecule has 0 spiro atoms. The molecule has 134 valence electrons. The molecule has 0 radical (unpaired) electrons. The van der Waals surface area contributed by atoms with Gasteiger partial charge in [-0.15, -0.1) is 23.1 Å². The van der Waals surface area contributed by atoms with Gasteiger partial charge in [-0.3, -0.25) is 4.79 Å². The summed E-state index contributed by atoms with van der Waals surface area (Å²) in [6.45, 7) is 4.28. The number of thiophene rings is 1. The molecule has 4 nitrogen and oxygen atoms in total. The molecule has 2 aromatic heterocycles. The lowest BCUT2D eigenvalue weighted by Crippen LogP contribution is -2.40. The molecule has 1 N–H and O–H groups in total. The topological polar surface area (TPSA) is 54.9 Å². The van der Waals surface area contributed by atoms with Crippen LogP contribution in [-0.4, -0.2) is 27.7 Å². The van der Waals surface area contributed by atoms with E-state index in [-0.39, 0.29) is 5.91 Å². The molecule has 1 amide bonds. The van der Waals surface area contributed by atoms with Crippen LogP contribution in [0.5, 0.6) is 0 Å². The molecular formula is C19H25N3OS2. The average molecular weight is 376 g/mol. The molecule has 4 rings (SSSR count). The normalized spacial score (nSPS) is 26.2. The summed E-state index contributed by atoms with van der Waals surface area (Å²) < 4.78 is 0. The lowest BCUT2D eigenvalue weighted by atomic mass is 9.84. The van der Waals surface area contributed by atoms with Crippen molar-refractivity contribution in [3.63, 3.8) is 0 Å². The van der Waals surface area contributed by atoms with E-state index in [1.54, 1.807) is 29.4 Å². The number of nitrogens with zero attached hydrogens (tertiary/aromatic N) is 2. The summed E-state index contributed by atoms with van der Waals surface area (Å²) in [6.07, 6.45) is 7.66. The van der Waals surface area contributed by atoms with Crippen molar-refractivity contribution in [2.24, 2.45) is 17.8 Å². The molecule has 2 aliphatic rings. The van der Waals surface area contributed by atoms with Crippen molar-refractivity contribution in [3.05, 3.63) is 17.3 Å². The summed E-state index contributed by atoms with van der Waals surface area (Å²) in [5, 5.41) is 5.36. The number of fused-ring (bicyclic) bond motifs is 3. The predicted molar refractivity (Wildman–Crippen MR) is 104 cm³/mol. The van der Waals surface area contributed by atoms with Crippen LogP contribution in [0.15, 0.2) is 17.4 Å². The Labute approximate surface area is 157 Å². The van der Waals surface area contributed by atoms with E-state index in [9.17, 15) is 4.79 Å². The molecule has 0 saturated heterocycles. The molecule has 2 aromatic rings. The first kappa shape index (κ1) is 17.3. The minimum atomic E-state index is 0.176. The van der Waals surface area contributed by atoms with Crippen molar-refractivity contribution in [3.8, 4) is 0 Å². The Morgan fingerprint density at radius 3 is 3.04 bits per heavy atom. The molecular weight excluding hydrogens is 350 g/mol. The number of nitrogens with one attached hydrogen (secondary N) is 1. The smallest absolute Gasteiger partial charge is 0.221 e. The third-order valence-corrected chi connectivity index (χ3v) is 7.77. The molecule has 2 heterocycles. The largest absolute Gasteiger partial charge is 0.353 e. The van der Waals surface area contributed by atoms with Crippen LogP contribution in [0.3, 0.4) is 0 Å². The van der Waals surface area contributed by atoms with Gasteiger partial charge in [0.1, 0.15) is 16.2 Å². The van der Waals surface area contributed by atoms with Crippen molar-refractivity contribution in [1.82, 2.24) is 15.3 Å². The van der Waals surface area contributed by atoms with Gasteiger partial charge < -0.3 is 5.32 Å². The van der Waals surface area contributed by atoms with Crippen molar-refractivity contribution in [1.29, 1.82) is 0 Å². The third kappa shape index (κ3) is 3.70. The maximum Gasteiger partial charge on any atom is 0.221 e. The van der Waals surface area contributed by atoms with Crippen LogP contribution in [0, 0.1) is 24.7 Å². The van der Waals surface area contributed by atoms with E-state index in [1.807, 2.05) is 0 Å². The molecule has 2 fully saturated rings. The van der Waals surface area contributed by atoms with Crippen LogP contribution < -0.4 is 5.32 Å². The molecule has 2 aliphatic carbocycles. The number of carbonyl (C=O) groups is 1. The van der Waals surface area contributed by atoms with Gasteiger partial charge in [0.15, 0.2) is 0 Å². The standard InChI is InChI=1S/C19H25N3OS2/c1-11-7-16-18(20-10-21-19(16)25-11)24-6-5-17(23)22-12(2)15-9-13-3-4-14(15)8-13/h7,10,12-15H,3-6,8-9H2,1-2H3,(H,22,23). The van der Waals surface area contributed by atoms with Gasteiger partial charge in [-0.25, -0.2) is 9.97 Å². The van der Waals surface area contributed by atoms with Crippen LogP contribution in [0.4, 0.5) is 0 Å². The second kappa shape index (κ2) is 7.23. The summed E-state index contributed by atoms with van der Waals surface area (Å²) >= 11 is 3.35. The highest BCUT2D eigenvalue weighted by atomic mass is 32.2. The van der Waals surface area contributed by atoms with Gasteiger partial charge in [-0.05, 0) is 56.9 Å². The molecule has 4 atom stereocenters. The number of aryl methyl sites for hydroxylation is 1. The molecule has 0 aliphatic heterocycles. The zero-order valence-corrected chi connectivity index (χ0v) is 16.5. The highest BCUT2D eigenvalue weighted by Gasteiger charge is 2.42. The monoisotopic (exact) mass is 375 g/mol. The van der Waals surface area contributed by atoms with E-state index in [2.05, 4.69) is 35.2 Å². The Kier molecular flexibility index (Phi) is 5.00. The Morgan fingerprint density at radius 2 is 2.28 bits per heavy atom. The SMILES string of the molecule is Cc1cc2c(SCCC(=O)NC(C)C3CC4CCC3C4)ncnc2s1. The van der Waals surface area contributed by atoms with Gasteiger partial charge in [-0.2, -0.15) is 0 Å². The lowest BCUT2D eigenvalue weighted by molar-refractivity contribution is -0.121. The number of hydrogen-bond acceptors (Lipinski definition) is 5. The minimum absolute atomic E-state index is 0.176. The molecule has 2 saturated carbocycles. The van der Waals surface area contributed by atoms with E-state index in [0.717, 1.165) is 32.8 Å². The summed E-state index contributed by atoms with van der Waals surface area (Å²) in [5.41, 5.74) is 0. The first-order valence-electron chi connectivity index (χ1n) is 9.23. The fraction of sp³-hybridized carbons (Fsp3) is 0.632. The first-order valence-corrected chi connectivity index (χ1v) is 11.0. The molecule has 6 heteroatoms. The summed E-state index contributed by atoms with van der Waals surface area (Å²) in [4.78, 5) is 23.3. The van der Waals surface area contributed by atoms with Gasteiger partial charge in [0.05, 0.1) is 0 Å². The van der Waals surface area contributed by atoms with E-state index in [4.69, 9.17) is 0 Å². The second-order valence-electron chi connectivity index (χ2n) is 7.55. The van der Waals surface area contributed by atoms with Gasteiger partial charge in [-0.1, -0.05) is 6.42 Å². The Bertz CT molecular complexity index is 775. The van der Waals surface area contributed by atoms with Crippen LogP contribution in [0.2, 0.25) is 0 Å². The summed E-state index contributed by atoms with van der Waals surface area (Å²) in [7, 11) is 0. The zero-order valence-electron chi connectivity index (χ0n) is 14.8. The van der Waals surface area contributed by atoms with Gasteiger partial charge >= 0.3 is 0 Å². The highest BCUT2D eigenvalue weighted by molar-refractivity contribution is 7.99. The highest BCUT2D eigenvalue weighted by Crippen LogP contribution is 2.49. The van der Waals surface area contributed by atoms with Gasteiger partial charge in [0.2, 0.25) is 5.91 Å². The molecule has 4 unspecified atom stereocenters. The predicted octanol–water partition coefficient (Wildman–Crippen LogP) is 4.42. The minimum Gasteiger partial charge on any atom is -0.353 e. The number of rotatable bonds is 6. The summed E-state index contributed by atoms with van der Waals surface area (Å²) in [5.74, 6) is 3.42. The maximum atomic E-state index is 12.3. The van der Waals surface area contributed by atoms with Gasteiger partial charge in [0, 0.05) is 28.5 Å². The van der Waals surface area contributed by atoms with E-state index >= 15 is 0 Å². The Morgan fingerprint density at radius 1 is 1.40 bits per heavy atom. The van der Waals surface area contributed by atoms with E-state index in [0.29, 0.717) is 18.4 Å². The van der Waals surface area contributed by atoms with Crippen LogP contribution in [0.1, 0.15) is 43.9 Å². The Hall–Kier alpha value is -1.14. The quantitative estimate of drug-likeness (QED) is 0.600. The number of thioether (sulfide) groups is 1. The van der Waals surface area contributed by atoms with E-state index < -0.39 is 0 Å². The fourth-order valence-corrected chi connectivity index (χ4v) is 6.47. The van der Waals surface area contributed by atoms with E-state index in [1.165, 1.54) is 30.6 Å². The molecule has 2 bridgehead atoms. The van der Waals surface area contributed by atoms with Crippen molar-refractivity contribution in [2.75, 3.05) is 5.75 Å². The number of hydrogen-bond donors (Lipinski definition) is 1. The van der Waals surface area contributed by atoms with Crippen LogP contribution in [0.25, 0.3) is 10.2 Å². The Balaban J connectivity index is 1.27. The van der Waals surface area contributed by atoms with Crippen molar-refractivity contribution < 1.29 is 4.79 Å². The molecule has 0 aromatic carbocycles. The van der Waals surface area contributed by atoms with Crippen LogP contribution in [-0.2, 0) is 4.79 Å². The second-order valence-corrected chi connectivity index (χ2v) is 9.87. The fourth-order valence-electron chi connectivity index (χ4n) is 4.65. The number of carbonyl (C=O) groups excluding carboxylic acids is 1. The third-order valence-electron chi connectivity index (χ3n) is 5.81. The average Bonchev–Trinajstić information content (AvgIpc) is 3.29. The lowest BCUT2D eigenvalue weighted by Gasteiger charge is -2.28. The maximum absolute atomic E-state index is 12.3. The van der Waals surface area contributed by atoms with Gasteiger partial charge in [0.25, 0.3) is 0 Å². The summed E-state index contributed by atoms with van der Waals surface area (Å²) in [6, 6.07) is 2.46.